The van der Waals surface area contributed by atoms with E-state index in [2.05, 4.69) is 5.32 Å². The zero-order valence-corrected chi connectivity index (χ0v) is 15.6. The van der Waals surface area contributed by atoms with Gasteiger partial charge in [0.15, 0.2) is 11.6 Å². The molecule has 6 nitrogen and oxygen atoms in total. The number of rotatable bonds is 8. The number of ether oxygens (including phenoxy) is 1. The van der Waals surface area contributed by atoms with E-state index in [1.807, 2.05) is 0 Å². The van der Waals surface area contributed by atoms with Crippen molar-refractivity contribution in [3.63, 3.8) is 0 Å². The van der Waals surface area contributed by atoms with Crippen LogP contribution in [0.2, 0.25) is 0 Å². The second kappa shape index (κ2) is 11.7. The van der Waals surface area contributed by atoms with Gasteiger partial charge in [0.1, 0.15) is 0 Å². The van der Waals surface area contributed by atoms with E-state index in [-0.39, 0.29) is 55.5 Å². The maximum atomic E-state index is 13.5. The van der Waals surface area contributed by atoms with Gasteiger partial charge in [0.05, 0.1) is 13.0 Å². The van der Waals surface area contributed by atoms with Gasteiger partial charge in [0, 0.05) is 32.1 Å². The van der Waals surface area contributed by atoms with Crippen molar-refractivity contribution in [1.29, 1.82) is 0 Å². The summed E-state index contributed by atoms with van der Waals surface area (Å²) >= 11 is 0. The van der Waals surface area contributed by atoms with Crippen molar-refractivity contribution in [2.75, 3.05) is 26.2 Å². The minimum absolute atomic E-state index is 0. The number of likely N-dealkylation sites (tertiary alicyclic amines) is 1. The first-order valence-corrected chi connectivity index (χ1v) is 8.75. The van der Waals surface area contributed by atoms with Gasteiger partial charge in [-0.3, -0.25) is 9.59 Å². The molecule has 1 fully saturated rings. The van der Waals surface area contributed by atoms with E-state index in [0.717, 1.165) is 19.3 Å². The first-order chi connectivity index (χ1) is 12.1. The Morgan fingerprint density at radius 2 is 2.04 bits per heavy atom. The van der Waals surface area contributed by atoms with Gasteiger partial charge >= 0.3 is 0 Å². The quantitative estimate of drug-likeness (QED) is 0.713. The predicted octanol–water partition coefficient (Wildman–Crippen LogP) is 1.86. The van der Waals surface area contributed by atoms with E-state index in [1.54, 1.807) is 17.0 Å². The fraction of sp³-hybridized carbons (Fsp3) is 0.556. The molecule has 0 aliphatic carbocycles. The largest absolute Gasteiger partial charge is 0.490 e. The summed E-state index contributed by atoms with van der Waals surface area (Å²) in [4.78, 5) is 25.8. The third-order valence-electron chi connectivity index (χ3n) is 4.26. The highest BCUT2D eigenvalue weighted by Crippen LogP contribution is 2.19. The number of carbonyl (C=O) groups excluding carboxylic acids is 2. The van der Waals surface area contributed by atoms with Crippen LogP contribution >= 0.6 is 12.4 Å². The van der Waals surface area contributed by atoms with Crippen LogP contribution in [-0.4, -0.2) is 49.0 Å². The summed E-state index contributed by atoms with van der Waals surface area (Å²) in [7, 11) is 0. The van der Waals surface area contributed by atoms with Gasteiger partial charge in [0.2, 0.25) is 11.8 Å². The lowest BCUT2D eigenvalue weighted by Gasteiger charge is -2.36. The zero-order valence-electron chi connectivity index (χ0n) is 14.8. The molecule has 1 aliphatic heterocycles. The Labute approximate surface area is 159 Å². The standard InChI is InChI=1S/C18H26FN3O3.ClH/c19-15-6-1-2-7-16(15)25-12-9-18(24)22-11-4-3-5-14(22)13-21-17(23)8-10-20;/h1-2,6-7,14H,3-5,8-13,20H2,(H,21,23);1H. The summed E-state index contributed by atoms with van der Waals surface area (Å²) < 4.78 is 18.9. The molecule has 26 heavy (non-hydrogen) atoms. The van der Waals surface area contributed by atoms with Gasteiger partial charge in [-0.15, -0.1) is 12.4 Å². The van der Waals surface area contributed by atoms with Crippen LogP contribution in [-0.2, 0) is 9.59 Å². The van der Waals surface area contributed by atoms with Crippen molar-refractivity contribution in [3.05, 3.63) is 30.1 Å². The van der Waals surface area contributed by atoms with Gasteiger partial charge in [-0.1, -0.05) is 12.1 Å². The predicted molar refractivity (Wildman–Crippen MR) is 99.8 cm³/mol. The normalized spacial score (nSPS) is 16.5. The van der Waals surface area contributed by atoms with Gasteiger partial charge < -0.3 is 20.7 Å². The minimum Gasteiger partial charge on any atom is -0.490 e. The molecule has 1 heterocycles. The Morgan fingerprint density at radius 1 is 1.27 bits per heavy atom. The first-order valence-electron chi connectivity index (χ1n) is 8.75. The van der Waals surface area contributed by atoms with E-state index in [4.69, 9.17) is 10.5 Å². The monoisotopic (exact) mass is 387 g/mol. The molecule has 1 aliphatic rings. The second-order valence-electron chi connectivity index (χ2n) is 6.11. The number of nitrogens with one attached hydrogen (secondary N) is 1. The lowest BCUT2D eigenvalue weighted by Crippen LogP contribution is -2.49. The van der Waals surface area contributed by atoms with Gasteiger partial charge in [-0.2, -0.15) is 0 Å². The van der Waals surface area contributed by atoms with Crippen LogP contribution < -0.4 is 15.8 Å². The fourth-order valence-electron chi connectivity index (χ4n) is 2.95. The number of piperidine rings is 1. The zero-order chi connectivity index (χ0) is 18.1. The maximum Gasteiger partial charge on any atom is 0.226 e. The number of amides is 2. The van der Waals surface area contributed by atoms with Crippen LogP contribution in [0.25, 0.3) is 0 Å². The van der Waals surface area contributed by atoms with Gasteiger partial charge in [0.25, 0.3) is 0 Å². The Bertz CT molecular complexity index is 589. The lowest BCUT2D eigenvalue weighted by atomic mass is 10.0. The van der Waals surface area contributed by atoms with Gasteiger partial charge in [-0.25, -0.2) is 4.39 Å². The Kier molecular flexibility index (Phi) is 9.98. The van der Waals surface area contributed by atoms with Crippen molar-refractivity contribution in [2.24, 2.45) is 5.73 Å². The van der Waals surface area contributed by atoms with E-state index in [1.165, 1.54) is 12.1 Å². The number of para-hydroxylation sites is 1. The number of halogens is 2. The van der Waals surface area contributed by atoms with Crippen LogP contribution in [0.5, 0.6) is 5.75 Å². The molecule has 3 N–H and O–H groups in total. The van der Waals surface area contributed by atoms with Crippen LogP contribution in [0.3, 0.4) is 0 Å². The molecule has 0 aromatic heterocycles. The minimum atomic E-state index is -0.437. The molecular formula is C18H27ClFN3O3. The molecule has 1 saturated heterocycles. The van der Waals surface area contributed by atoms with Crippen LogP contribution in [0, 0.1) is 5.82 Å². The summed E-state index contributed by atoms with van der Waals surface area (Å²) in [5.74, 6) is -0.412. The van der Waals surface area contributed by atoms with Crippen molar-refractivity contribution in [2.45, 2.75) is 38.1 Å². The highest BCUT2D eigenvalue weighted by atomic mass is 35.5. The molecule has 1 aromatic carbocycles. The van der Waals surface area contributed by atoms with Crippen molar-refractivity contribution in [1.82, 2.24) is 10.2 Å². The third-order valence-corrected chi connectivity index (χ3v) is 4.26. The van der Waals surface area contributed by atoms with Crippen LogP contribution in [0.4, 0.5) is 4.39 Å². The molecule has 0 saturated carbocycles. The molecule has 1 unspecified atom stereocenters. The summed E-state index contributed by atoms with van der Waals surface area (Å²) in [5.41, 5.74) is 5.36. The number of nitrogens with zero attached hydrogens (tertiary/aromatic N) is 1. The molecule has 1 atom stereocenters. The summed E-state index contributed by atoms with van der Waals surface area (Å²) in [6.07, 6.45) is 3.32. The number of hydrogen-bond donors (Lipinski definition) is 2. The molecule has 8 heteroatoms. The molecule has 0 spiro atoms. The lowest BCUT2D eigenvalue weighted by molar-refractivity contribution is -0.136. The fourth-order valence-corrected chi connectivity index (χ4v) is 2.95. The van der Waals surface area contributed by atoms with Crippen molar-refractivity contribution in [3.8, 4) is 5.75 Å². The summed E-state index contributed by atoms with van der Waals surface area (Å²) in [6, 6.07) is 6.13. The number of carbonyl (C=O) groups is 2. The van der Waals surface area contributed by atoms with E-state index < -0.39 is 5.82 Å². The molecule has 0 radical (unpaired) electrons. The van der Waals surface area contributed by atoms with Crippen LogP contribution in [0.15, 0.2) is 24.3 Å². The molecule has 0 bridgehead atoms. The molecule has 2 amide bonds. The Morgan fingerprint density at radius 3 is 2.77 bits per heavy atom. The van der Waals surface area contributed by atoms with E-state index in [9.17, 15) is 14.0 Å². The average Bonchev–Trinajstić information content (AvgIpc) is 2.62. The van der Waals surface area contributed by atoms with Crippen LogP contribution in [0.1, 0.15) is 32.1 Å². The van der Waals surface area contributed by atoms with E-state index in [0.29, 0.717) is 19.6 Å². The number of benzene rings is 1. The molecule has 2 rings (SSSR count). The average molecular weight is 388 g/mol. The SMILES string of the molecule is Cl.NCCC(=O)NCC1CCCCN1C(=O)CCOc1ccccc1F. The Hall–Kier alpha value is -1.86. The van der Waals surface area contributed by atoms with E-state index >= 15 is 0 Å². The molecule has 146 valence electrons. The maximum absolute atomic E-state index is 13.5. The number of hydrogen-bond acceptors (Lipinski definition) is 4. The summed E-state index contributed by atoms with van der Waals surface area (Å²) in [5, 5.41) is 2.83. The highest BCUT2D eigenvalue weighted by molar-refractivity contribution is 5.85. The topological polar surface area (TPSA) is 84.7 Å². The van der Waals surface area contributed by atoms with Gasteiger partial charge in [-0.05, 0) is 31.4 Å². The second-order valence-corrected chi connectivity index (χ2v) is 6.11. The smallest absolute Gasteiger partial charge is 0.226 e. The number of nitrogens with two attached hydrogens (primary N) is 1. The Balaban J connectivity index is 0.00000338. The summed E-state index contributed by atoms with van der Waals surface area (Å²) in [6.45, 7) is 1.56. The van der Waals surface area contributed by atoms with Crippen molar-refractivity contribution < 1.29 is 18.7 Å². The van der Waals surface area contributed by atoms with Crippen molar-refractivity contribution >= 4 is 24.2 Å². The molecular weight excluding hydrogens is 361 g/mol. The first kappa shape index (κ1) is 22.2. The molecule has 1 aromatic rings. The third kappa shape index (κ3) is 6.80. The highest BCUT2D eigenvalue weighted by Gasteiger charge is 2.26.